The van der Waals surface area contributed by atoms with Crippen LogP contribution in [0, 0.1) is 13.8 Å². The number of nitrogens with zero attached hydrogens (tertiary/aromatic N) is 1. The molecule has 28 heavy (non-hydrogen) atoms. The molecule has 150 valence electrons. The average Bonchev–Trinajstić information content (AvgIpc) is 2.97. The summed E-state index contributed by atoms with van der Waals surface area (Å²) in [6.07, 6.45) is -0.375. The monoisotopic (exact) mass is 428 g/mol. The number of likely N-dealkylation sites (tertiary alicyclic amines) is 1. The Bertz CT molecular complexity index is 1040. The first-order chi connectivity index (χ1) is 13.0. The maximum Gasteiger partial charge on any atom is 0.267 e. The topological polar surface area (TPSA) is 66.5 Å². The molecule has 1 fully saturated rings. The van der Waals surface area contributed by atoms with Crippen LogP contribution in [0.15, 0.2) is 41.3 Å². The van der Waals surface area contributed by atoms with Crippen LogP contribution in [0.5, 0.6) is 0 Å². The summed E-state index contributed by atoms with van der Waals surface area (Å²) >= 11 is 6.02. The van der Waals surface area contributed by atoms with Crippen molar-refractivity contribution in [3.05, 3.63) is 58.1 Å². The summed E-state index contributed by atoms with van der Waals surface area (Å²) in [5.74, 6) is -3.45. The van der Waals surface area contributed by atoms with E-state index in [1.807, 2.05) is 0 Å². The van der Waals surface area contributed by atoms with E-state index in [0.29, 0.717) is 16.1 Å². The first-order valence-corrected chi connectivity index (χ1v) is 10.4. The quantitative estimate of drug-likeness (QED) is 0.792. The second-order valence-corrected chi connectivity index (χ2v) is 8.94. The van der Waals surface area contributed by atoms with Crippen LogP contribution < -0.4 is 4.72 Å². The molecule has 0 unspecified atom stereocenters. The van der Waals surface area contributed by atoms with Crippen molar-refractivity contribution in [1.82, 2.24) is 4.90 Å². The SMILES string of the molecule is Cc1cc(S(=O)(=O)Nc2cccc(C(=O)N3CCC(F)(F)C3)c2)c(C)cc1Cl. The first-order valence-electron chi connectivity index (χ1n) is 8.55. The molecule has 2 aromatic rings. The van der Waals surface area contributed by atoms with Crippen molar-refractivity contribution in [2.45, 2.75) is 31.1 Å². The Labute approximate surface area is 167 Å². The molecule has 0 spiro atoms. The summed E-state index contributed by atoms with van der Waals surface area (Å²) < 4.78 is 54.7. The highest BCUT2D eigenvalue weighted by atomic mass is 35.5. The van der Waals surface area contributed by atoms with Crippen LogP contribution in [0.25, 0.3) is 0 Å². The normalized spacial score (nSPS) is 16.2. The van der Waals surface area contributed by atoms with E-state index >= 15 is 0 Å². The van der Waals surface area contributed by atoms with E-state index < -0.39 is 28.4 Å². The Balaban J connectivity index is 1.85. The highest BCUT2D eigenvalue weighted by molar-refractivity contribution is 7.92. The lowest BCUT2D eigenvalue weighted by Gasteiger charge is -2.17. The van der Waals surface area contributed by atoms with Crippen LogP contribution in [0.2, 0.25) is 5.02 Å². The molecular weight excluding hydrogens is 410 g/mol. The second-order valence-electron chi connectivity index (χ2n) is 6.89. The number of carbonyl (C=O) groups is 1. The third-order valence-corrected chi connectivity index (χ3v) is 6.49. The number of aryl methyl sites for hydroxylation is 2. The van der Waals surface area contributed by atoms with Gasteiger partial charge >= 0.3 is 0 Å². The molecule has 0 aromatic heterocycles. The predicted molar refractivity (Wildman–Crippen MR) is 104 cm³/mol. The molecule has 1 aliphatic heterocycles. The average molecular weight is 429 g/mol. The van der Waals surface area contributed by atoms with E-state index in [-0.39, 0.29) is 29.1 Å². The van der Waals surface area contributed by atoms with E-state index in [1.54, 1.807) is 19.9 Å². The molecule has 0 aliphatic carbocycles. The van der Waals surface area contributed by atoms with Gasteiger partial charge in [-0.05, 0) is 55.3 Å². The zero-order valence-electron chi connectivity index (χ0n) is 15.3. The van der Waals surface area contributed by atoms with Crippen LogP contribution in [0.3, 0.4) is 0 Å². The Morgan fingerprint density at radius 2 is 1.89 bits per heavy atom. The zero-order chi connectivity index (χ0) is 20.7. The van der Waals surface area contributed by atoms with E-state index in [2.05, 4.69) is 4.72 Å². The number of alkyl halides is 2. The Hall–Kier alpha value is -2.19. The van der Waals surface area contributed by atoms with Crippen LogP contribution in [0.4, 0.5) is 14.5 Å². The molecule has 1 aliphatic rings. The van der Waals surface area contributed by atoms with Gasteiger partial charge in [-0.25, -0.2) is 17.2 Å². The van der Waals surface area contributed by atoms with Crippen molar-refractivity contribution in [2.24, 2.45) is 0 Å². The van der Waals surface area contributed by atoms with Crippen molar-refractivity contribution in [1.29, 1.82) is 0 Å². The molecule has 1 N–H and O–H groups in total. The Kier molecular flexibility index (Phi) is 5.38. The van der Waals surface area contributed by atoms with Gasteiger partial charge in [-0.3, -0.25) is 9.52 Å². The van der Waals surface area contributed by atoms with Gasteiger partial charge in [0.15, 0.2) is 0 Å². The van der Waals surface area contributed by atoms with E-state index in [9.17, 15) is 22.0 Å². The van der Waals surface area contributed by atoms with Crippen molar-refractivity contribution in [3.8, 4) is 0 Å². The third-order valence-electron chi connectivity index (χ3n) is 4.56. The molecule has 9 heteroatoms. The van der Waals surface area contributed by atoms with Crippen LogP contribution in [0.1, 0.15) is 27.9 Å². The lowest BCUT2D eigenvalue weighted by molar-refractivity contribution is 0.0120. The number of hydrogen-bond acceptors (Lipinski definition) is 3. The van der Waals surface area contributed by atoms with Crippen molar-refractivity contribution < 1.29 is 22.0 Å². The molecule has 0 saturated carbocycles. The number of amides is 1. The molecule has 0 atom stereocenters. The summed E-state index contributed by atoms with van der Waals surface area (Å²) in [5.41, 5.74) is 1.41. The zero-order valence-corrected chi connectivity index (χ0v) is 16.9. The summed E-state index contributed by atoms with van der Waals surface area (Å²) in [6, 6.07) is 8.84. The molecule has 0 radical (unpaired) electrons. The number of nitrogens with one attached hydrogen (secondary N) is 1. The molecular formula is C19H19ClF2N2O3S. The molecule has 1 saturated heterocycles. The highest BCUT2D eigenvalue weighted by Crippen LogP contribution is 2.29. The molecule has 5 nitrogen and oxygen atoms in total. The Morgan fingerprint density at radius 1 is 1.18 bits per heavy atom. The number of rotatable bonds is 4. The van der Waals surface area contributed by atoms with Crippen LogP contribution >= 0.6 is 11.6 Å². The van der Waals surface area contributed by atoms with Gasteiger partial charge in [0.25, 0.3) is 21.9 Å². The summed E-state index contributed by atoms with van der Waals surface area (Å²) in [4.78, 5) is 13.6. The fourth-order valence-electron chi connectivity index (χ4n) is 3.06. The van der Waals surface area contributed by atoms with Crippen LogP contribution in [-0.2, 0) is 10.0 Å². The van der Waals surface area contributed by atoms with Gasteiger partial charge in [-0.2, -0.15) is 0 Å². The maximum absolute atomic E-state index is 13.4. The maximum atomic E-state index is 13.4. The first kappa shape index (κ1) is 20.5. The number of anilines is 1. The fraction of sp³-hybridized carbons (Fsp3) is 0.316. The third kappa shape index (κ3) is 4.28. The molecule has 0 bridgehead atoms. The fourth-order valence-corrected chi connectivity index (χ4v) is 4.64. The molecule has 1 heterocycles. The van der Waals surface area contributed by atoms with Gasteiger partial charge in [-0.1, -0.05) is 17.7 Å². The van der Waals surface area contributed by atoms with E-state index in [1.165, 1.54) is 30.3 Å². The summed E-state index contributed by atoms with van der Waals surface area (Å²) in [6.45, 7) is 2.66. The smallest absolute Gasteiger partial charge is 0.267 e. The standard InChI is InChI=1S/C19H19ClF2N2O3S/c1-12-9-17(13(2)8-16(12)20)28(26,27)23-15-5-3-4-14(10-15)18(25)24-7-6-19(21,22)11-24/h3-5,8-10,23H,6-7,11H2,1-2H3. The highest BCUT2D eigenvalue weighted by Gasteiger charge is 2.40. The Morgan fingerprint density at radius 3 is 2.54 bits per heavy atom. The summed E-state index contributed by atoms with van der Waals surface area (Å²) in [7, 11) is -3.92. The number of halogens is 3. The van der Waals surface area contributed by atoms with Gasteiger partial charge in [0.05, 0.1) is 11.4 Å². The van der Waals surface area contributed by atoms with Gasteiger partial charge in [0.2, 0.25) is 0 Å². The number of sulfonamides is 1. The van der Waals surface area contributed by atoms with Crippen LogP contribution in [-0.4, -0.2) is 38.2 Å². The molecule has 2 aromatic carbocycles. The predicted octanol–water partition coefficient (Wildman–Crippen LogP) is 4.24. The minimum atomic E-state index is -3.92. The minimum absolute atomic E-state index is 0.0367. The molecule has 1 amide bonds. The van der Waals surface area contributed by atoms with Crippen molar-refractivity contribution >= 4 is 33.2 Å². The van der Waals surface area contributed by atoms with Crippen molar-refractivity contribution in [3.63, 3.8) is 0 Å². The minimum Gasteiger partial charge on any atom is -0.332 e. The summed E-state index contributed by atoms with van der Waals surface area (Å²) in [5, 5.41) is 0.464. The largest absolute Gasteiger partial charge is 0.332 e. The van der Waals surface area contributed by atoms with E-state index in [4.69, 9.17) is 11.6 Å². The van der Waals surface area contributed by atoms with Gasteiger partial charge in [-0.15, -0.1) is 0 Å². The lowest BCUT2D eigenvalue weighted by atomic mass is 10.2. The lowest BCUT2D eigenvalue weighted by Crippen LogP contribution is -2.31. The second kappa shape index (κ2) is 7.33. The van der Waals surface area contributed by atoms with Crippen molar-refractivity contribution in [2.75, 3.05) is 17.8 Å². The number of hydrogen-bond donors (Lipinski definition) is 1. The van der Waals surface area contributed by atoms with E-state index in [0.717, 1.165) is 4.90 Å². The number of benzene rings is 2. The van der Waals surface area contributed by atoms with Gasteiger partial charge < -0.3 is 4.90 Å². The molecule has 3 rings (SSSR count). The number of carbonyl (C=O) groups excluding carboxylic acids is 1. The van der Waals surface area contributed by atoms with Gasteiger partial charge in [0, 0.05) is 29.2 Å². The van der Waals surface area contributed by atoms with Gasteiger partial charge in [0.1, 0.15) is 0 Å².